The van der Waals surface area contributed by atoms with E-state index in [1.54, 1.807) is 13.0 Å². The highest BCUT2D eigenvalue weighted by Crippen LogP contribution is 2.25. The SMILES string of the molecule is CCC(NC(=O)c1cccc(C2CCOC2)c1)C(=O)O. The van der Waals surface area contributed by atoms with Crippen molar-refractivity contribution in [3.8, 4) is 0 Å². The first kappa shape index (κ1) is 14.5. The zero-order valence-corrected chi connectivity index (χ0v) is 11.5. The minimum absolute atomic E-state index is 0.323. The summed E-state index contributed by atoms with van der Waals surface area (Å²) in [5.74, 6) is -1.04. The van der Waals surface area contributed by atoms with Crippen molar-refractivity contribution in [1.82, 2.24) is 5.32 Å². The lowest BCUT2D eigenvalue weighted by atomic mass is 9.96. The number of carboxylic acid groups (broad SMARTS) is 1. The quantitative estimate of drug-likeness (QED) is 0.860. The Kier molecular flexibility index (Phi) is 4.74. The van der Waals surface area contributed by atoms with Crippen LogP contribution in [0.2, 0.25) is 0 Å². The molecule has 2 rings (SSSR count). The number of ether oxygens (including phenoxy) is 1. The van der Waals surface area contributed by atoms with Crippen molar-refractivity contribution in [1.29, 1.82) is 0 Å². The zero-order chi connectivity index (χ0) is 14.5. The summed E-state index contributed by atoms with van der Waals surface area (Å²) >= 11 is 0. The summed E-state index contributed by atoms with van der Waals surface area (Å²) in [6.07, 6.45) is 1.31. The number of amides is 1. The molecule has 1 amide bonds. The first-order valence-corrected chi connectivity index (χ1v) is 6.83. The molecule has 0 aliphatic carbocycles. The summed E-state index contributed by atoms with van der Waals surface area (Å²) in [5.41, 5.74) is 1.56. The molecule has 1 aliphatic rings. The van der Waals surface area contributed by atoms with Gasteiger partial charge in [0.2, 0.25) is 0 Å². The van der Waals surface area contributed by atoms with E-state index in [4.69, 9.17) is 9.84 Å². The van der Waals surface area contributed by atoms with Gasteiger partial charge in [-0.3, -0.25) is 4.79 Å². The standard InChI is InChI=1S/C15H19NO4/c1-2-13(15(18)19)16-14(17)11-5-3-4-10(8-11)12-6-7-20-9-12/h3-5,8,12-13H,2,6-7,9H2,1H3,(H,16,17)(H,18,19). The predicted molar refractivity (Wildman–Crippen MR) is 73.8 cm³/mol. The maximum atomic E-state index is 12.1. The van der Waals surface area contributed by atoms with Crippen molar-refractivity contribution in [2.75, 3.05) is 13.2 Å². The average molecular weight is 277 g/mol. The predicted octanol–water partition coefficient (Wildman–Crippen LogP) is 1.78. The van der Waals surface area contributed by atoms with Crippen LogP contribution in [0.4, 0.5) is 0 Å². The summed E-state index contributed by atoms with van der Waals surface area (Å²) in [6, 6.07) is 6.47. The third kappa shape index (κ3) is 3.36. The summed E-state index contributed by atoms with van der Waals surface area (Å²) in [4.78, 5) is 23.0. The van der Waals surface area contributed by atoms with E-state index in [9.17, 15) is 9.59 Å². The Labute approximate surface area is 117 Å². The summed E-state index contributed by atoms with van der Waals surface area (Å²) in [6.45, 7) is 3.15. The second kappa shape index (κ2) is 6.52. The highest BCUT2D eigenvalue weighted by Gasteiger charge is 2.21. The number of carbonyl (C=O) groups excluding carboxylic acids is 1. The number of aliphatic carboxylic acids is 1. The van der Waals surface area contributed by atoms with Crippen molar-refractivity contribution < 1.29 is 19.4 Å². The van der Waals surface area contributed by atoms with Crippen LogP contribution in [-0.2, 0) is 9.53 Å². The number of carbonyl (C=O) groups is 2. The molecule has 0 aromatic heterocycles. The van der Waals surface area contributed by atoms with Gasteiger partial charge in [0, 0.05) is 18.1 Å². The molecular formula is C15H19NO4. The largest absolute Gasteiger partial charge is 0.480 e. The Hall–Kier alpha value is -1.88. The van der Waals surface area contributed by atoms with Crippen molar-refractivity contribution in [3.05, 3.63) is 35.4 Å². The minimum Gasteiger partial charge on any atom is -0.480 e. The summed E-state index contributed by atoms with van der Waals surface area (Å²) < 4.78 is 5.35. The van der Waals surface area contributed by atoms with E-state index in [0.29, 0.717) is 24.5 Å². The lowest BCUT2D eigenvalue weighted by Gasteiger charge is -2.14. The van der Waals surface area contributed by atoms with Gasteiger partial charge in [0.05, 0.1) is 6.61 Å². The molecule has 0 saturated carbocycles. The lowest BCUT2D eigenvalue weighted by molar-refractivity contribution is -0.139. The Morgan fingerprint density at radius 2 is 2.30 bits per heavy atom. The third-order valence-electron chi connectivity index (χ3n) is 3.56. The lowest BCUT2D eigenvalue weighted by Crippen LogP contribution is -2.40. The minimum atomic E-state index is -1.01. The number of nitrogens with one attached hydrogen (secondary N) is 1. The molecule has 20 heavy (non-hydrogen) atoms. The highest BCUT2D eigenvalue weighted by atomic mass is 16.5. The molecule has 1 aromatic carbocycles. The van der Waals surface area contributed by atoms with Gasteiger partial charge in [-0.2, -0.15) is 0 Å². The van der Waals surface area contributed by atoms with Gasteiger partial charge < -0.3 is 15.2 Å². The van der Waals surface area contributed by atoms with Crippen LogP contribution >= 0.6 is 0 Å². The van der Waals surface area contributed by atoms with Gasteiger partial charge in [0.15, 0.2) is 0 Å². The number of carboxylic acids is 1. The van der Waals surface area contributed by atoms with Crippen LogP contribution in [-0.4, -0.2) is 36.2 Å². The molecule has 2 N–H and O–H groups in total. The molecular weight excluding hydrogens is 258 g/mol. The van der Waals surface area contributed by atoms with Crippen molar-refractivity contribution >= 4 is 11.9 Å². The van der Waals surface area contributed by atoms with E-state index in [1.165, 1.54) is 0 Å². The van der Waals surface area contributed by atoms with Gasteiger partial charge in [0.25, 0.3) is 5.91 Å². The fourth-order valence-corrected chi connectivity index (χ4v) is 2.31. The first-order chi connectivity index (χ1) is 9.61. The summed E-state index contributed by atoms with van der Waals surface area (Å²) in [5, 5.41) is 11.5. The maximum absolute atomic E-state index is 12.1. The second-order valence-electron chi connectivity index (χ2n) is 4.96. The van der Waals surface area contributed by atoms with Gasteiger partial charge >= 0.3 is 5.97 Å². The van der Waals surface area contributed by atoms with E-state index in [2.05, 4.69) is 5.32 Å². The monoisotopic (exact) mass is 277 g/mol. The number of hydrogen-bond acceptors (Lipinski definition) is 3. The molecule has 2 unspecified atom stereocenters. The van der Waals surface area contributed by atoms with Crippen LogP contribution in [0, 0.1) is 0 Å². The molecule has 5 heteroatoms. The Morgan fingerprint density at radius 1 is 1.50 bits per heavy atom. The fourth-order valence-electron chi connectivity index (χ4n) is 2.31. The maximum Gasteiger partial charge on any atom is 0.326 e. The Morgan fingerprint density at radius 3 is 2.90 bits per heavy atom. The molecule has 0 radical (unpaired) electrons. The van der Waals surface area contributed by atoms with Crippen molar-refractivity contribution in [2.45, 2.75) is 31.7 Å². The third-order valence-corrected chi connectivity index (χ3v) is 3.56. The van der Waals surface area contributed by atoms with E-state index < -0.39 is 12.0 Å². The normalized spacial score (nSPS) is 19.6. The topological polar surface area (TPSA) is 75.6 Å². The van der Waals surface area contributed by atoms with E-state index in [1.807, 2.05) is 18.2 Å². The van der Waals surface area contributed by atoms with Gasteiger partial charge in [-0.25, -0.2) is 4.79 Å². The first-order valence-electron chi connectivity index (χ1n) is 6.83. The van der Waals surface area contributed by atoms with Gasteiger partial charge in [-0.1, -0.05) is 19.1 Å². The molecule has 108 valence electrons. The highest BCUT2D eigenvalue weighted by molar-refractivity contribution is 5.96. The molecule has 1 aromatic rings. The van der Waals surface area contributed by atoms with Crippen LogP contribution in [0.25, 0.3) is 0 Å². The summed E-state index contributed by atoms with van der Waals surface area (Å²) in [7, 11) is 0. The van der Waals surface area contributed by atoms with Gasteiger partial charge in [-0.05, 0) is 30.5 Å². The molecule has 1 saturated heterocycles. The average Bonchev–Trinajstić information content (AvgIpc) is 2.98. The molecule has 1 heterocycles. The number of hydrogen-bond donors (Lipinski definition) is 2. The van der Waals surface area contributed by atoms with Crippen LogP contribution in [0.1, 0.15) is 41.6 Å². The molecule has 5 nitrogen and oxygen atoms in total. The van der Waals surface area contributed by atoms with Crippen LogP contribution in [0.15, 0.2) is 24.3 Å². The van der Waals surface area contributed by atoms with Gasteiger partial charge in [-0.15, -0.1) is 0 Å². The van der Waals surface area contributed by atoms with E-state index in [-0.39, 0.29) is 5.91 Å². The van der Waals surface area contributed by atoms with E-state index >= 15 is 0 Å². The van der Waals surface area contributed by atoms with Gasteiger partial charge in [0.1, 0.15) is 6.04 Å². The molecule has 1 aliphatic heterocycles. The number of rotatable bonds is 5. The van der Waals surface area contributed by atoms with E-state index in [0.717, 1.165) is 18.6 Å². The molecule has 0 spiro atoms. The smallest absolute Gasteiger partial charge is 0.326 e. The van der Waals surface area contributed by atoms with Crippen LogP contribution in [0.3, 0.4) is 0 Å². The number of benzene rings is 1. The van der Waals surface area contributed by atoms with Crippen LogP contribution in [0.5, 0.6) is 0 Å². The molecule has 0 bridgehead atoms. The molecule has 2 atom stereocenters. The fraction of sp³-hybridized carbons (Fsp3) is 0.467. The second-order valence-corrected chi connectivity index (χ2v) is 4.96. The molecule has 1 fully saturated rings. The Balaban J connectivity index is 2.09. The van der Waals surface area contributed by atoms with Crippen LogP contribution < -0.4 is 5.32 Å². The van der Waals surface area contributed by atoms with Crippen molar-refractivity contribution in [2.24, 2.45) is 0 Å². The van der Waals surface area contributed by atoms with Crippen molar-refractivity contribution in [3.63, 3.8) is 0 Å². The Bertz CT molecular complexity index is 494. The zero-order valence-electron chi connectivity index (χ0n) is 11.5.